The summed E-state index contributed by atoms with van der Waals surface area (Å²) in [6.07, 6.45) is -3.73. The first kappa shape index (κ1) is 26.5. The van der Waals surface area contributed by atoms with Crippen LogP contribution in [0.3, 0.4) is 0 Å². The fourth-order valence-electron chi connectivity index (χ4n) is 3.15. The van der Waals surface area contributed by atoms with Crippen molar-refractivity contribution in [2.45, 2.75) is 17.8 Å². The van der Waals surface area contributed by atoms with E-state index in [2.05, 4.69) is 20.8 Å². The lowest BCUT2D eigenvalue weighted by Crippen LogP contribution is -2.28. The second-order valence-electron chi connectivity index (χ2n) is 7.15. The van der Waals surface area contributed by atoms with E-state index in [1.165, 1.54) is 32.4 Å². The second-order valence-corrected chi connectivity index (χ2v) is 8.34. The molecule has 1 unspecified atom stereocenters. The minimum absolute atomic E-state index is 0.00278. The van der Waals surface area contributed by atoms with Crippen molar-refractivity contribution in [2.24, 2.45) is 10.2 Å². The van der Waals surface area contributed by atoms with E-state index in [1.807, 2.05) is 0 Å². The topological polar surface area (TPSA) is 139 Å². The Kier molecular flexibility index (Phi) is 8.19. The van der Waals surface area contributed by atoms with Crippen LogP contribution in [0.5, 0.6) is 11.5 Å². The third-order valence-corrected chi connectivity index (χ3v) is 5.83. The van der Waals surface area contributed by atoms with Gasteiger partial charge in [0, 0.05) is 17.7 Å². The van der Waals surface area contributed by atoms with Crippen LogP contribution in [0, 0.1) is 0 Å². The van der Waals surface area contributed by atoms with Crippen LogP contribution in [-0.4, -0.2) is 53.7 Å². The molecule has 1 heterocycles. The van der Waals surface area contributed by atoms with Gasteiger partial charge in [0.15, 0.2) is 16.7 Å². The molecule has 1 saturated heterocycles. The van der Waals surface area contributed by atoms with Gasteiger partial charge in [-0.2, -0.15) is 18.3 Å². The fourth-order valence-corrected chi connectivity index (χ4v) is 4.08. The van der Waals surface area contributed by atoms with Gasteiger partial charge in [0.05, 0.1) is 26.0 Å². The average molecular weight is 524 g/mol. The molecule has 2 aromatic carbocycles. The van der Waals surface area contributed by atoms with Gasteiger partial charge >= 0.3 is 12.1 Å². The minimum Gasteiger partial charge on any atom is -0.493 e. The highest BCUT2D eigenvalue weighted by atomic mass is 32.2. The number of ether oxygens (including phenoxy) is 2. The number of anilines is 1. The van der Waals surface area contributed by atoms with Crippen LogP contribution in [0.1, 0.15) is 27.9 Å². The molecular weight excluding hydrogens is 505 g/mol. The molecule has 14 heteroatoms. The number of methoxy groups -OCH3 is 2. The number of nitrogens with one attached hydrogen (secondary N) is 2. The normalized spacial score (nSPS) is 16.8. The number of benzene rings is 2. The lowest BCUT2D eigenvalue weighted by Gasteiger charge is -2.11. The molecule has 36 heavy (non-hydrogen) atoms. The van der Waals surface area contributed by atoms with E-state index in [1.54, 1.807) is 0 Å². The monoisotopic (exact) mass is 524 g/mol. The summed E-state index contributed by atoms with van der Waals surface area (Å²) >= 11 is 0.898. The zero-order valence-corrected chi connectivity index (χ0v) is 19.6. The first-order valence-corrected chi connectivity index (χ1v) is 11.0. The molecule has 1 atom stereocenters. The molecular formula is C22H19F3N4O6S. The minimum atomic E-state index is -4.56. The molecule has 3 rings (SSSR count). The summed E-state index contributed by atoms with van der Waals surface area (Å²) in [7, 11) is 2.65. The maximum absolute atomic E-state index is 12.8. The number of carbonyl (C=O) groups is 3. The Hall–Kier alpha value is -4.07. The Bertz CT molecular complexity index is 1250. The predicted octanol–water partition coefficient (Wildman–Crippen LogP) is 3.37. The average Bonchev–Trinajstić information content (AvgIpc) is 3.16. The molecule has 2 amide bonds. The maximum Gasteiger partial charge on any atom is 0.416 e. The number of alkyl halides is 3. The van der Waals surface area contributed by atoms with Crippen molar-refractivity contribution in [2.75, 3.05) is 19.5 Å². The summed E-state index contributed by atoms with van der Waals surface area (Å²) in [6, 6.07) is 7.06. The summed E-state index contributed by atoms with van der Waals surface area (Å²) < 4.78 is 48.7. The highest BCUT2D eigenvalue weighted by molar-refractivity contribution is 8.15. The second kappa shape index (κ2) is 11.1. The van der Waals surface area contributed by atoms with Gasteiger partial charge in [0.2, 0.25) is 11.8 Å². The number of carbonyl (C=O) groups excluding carboxylic acids is 2. The fraction of sp³-hybridized carbons (Fsp3) is 0.227. The number of carboxylic acids is 1. The maximum atomic E-state index is 12.8. The zero-order chi connectivity index (χ0) is 26.5. The van der Waals surface area contributed by atoms with Crippen molar-refractivity contribution in [1.29, 1.82) is 0 Å². The van der Waals surface area contributed by atoms with E-state index in [9.17, 15) is 32.7 Å². The molecule has 0 bridgehead atoms. The summed E-state index contributed by atoms with van der Waals surface area (Å²) in [5.74, 6) is -2.27. The highest BCUT2D eigenvalue weighted by Gasteiger charge is 2.33. The summed E-state index contributed by atoms with van der Waals surface area (Å²) in [4.78, 5) is 36.1. The quantitative estimate of drug-likeness (QED) is 0.356. The molecule has 1 aliphatic rings. The zero-order valence-electron chi connectivity index (χ0n) is 18.8. The smallest absolute Gasteiger partial charge is 0.416 e. The lowest BCUT2D eigenvalue weighted by atomic mass is 10.1. The van der Waals surface area contributed by atoms with Gasteiger partial charge in [-0.15, -0.1) is 5.10 Å². The largest absolute Gasteiger partial charge is 0.493 e. The third kappa shape index (κ3) is 6.33. The van der Waals surface area contributed by atoms with Gasteiger partial charge in [-0.25, -0.2) is 4.79 Å². The molecule has 2 aromatic rings. The Morgan fingerprint density at radius 3 is 2.61 bits per heavy atom. The number of aromatic carboxylic acids is 1. The molecule has 10 nitrogen and oxygen atoms in total. The highest BCUT2D eigenvalue weighted by Crippen LogP contribution is 2.33. The van der Waals surface area contributed by atoms with Gasteiger partial charge in [0.1, 0.15) is 10.8 Å². The van der Waals surface area contributed by atoms with Gasteiger partial charge < -0.3 is 25.2 Å². The molecule has 0 saturated carbocycles. The first-order chi connectivity index (χ1) is 17.0. The van der Waals surface area contributed by atoms with Crippen molar-refractivity contribution in [3.05, 3.63) is 53.1 Å². The van der Waals surface area contributed by atoms with Crippen molar-refractivity contribution in [1.82, 2.24) is 5.32 Å². The molecule has 1 fully saturated rings. The van der Waals surface area contributed by atoms with Crippen molar-refractivity contribution in [3.8, 4) is 11.5 Å². The standard InChI is InChI=1S/C22H19F3N4O6S/c1-34-14-7-6-11(17(20(32)33)18(14)35-2)10-26-29-21-28-19(31)15(36-21)9-16(30)27-13-5-3-4-12(8-13)22(23,24)25/h3-8,10,15H,9H2,1-2H3,(H,27,30)(H,32,33)(H,28,29,31). The van der Waals surface area contributed by atoms with Gasteiger partial charge in [-0.05, 0) is 30.3 Å². The Balaban J connectivity index is 1.67. The van der Waals surface area contributed by atoms with Crippen LogP contribution in [0.2, 0.25) is 0 Å². The number of carboxylic acid groups (broad SMARTS) is 1. The van der Waals surface area contributed by atoms with Gasteiger partial charge in [-0.3, -0.25) is 9.59 Å². The number of hydrogen-bond acceptors (Lipinski definition) is 8. The lowest BCUT2D eigenvalue weighted by molar-refractivity contribution is -0.137. The molecule has 190 valence electrons. The molecule has 1 aliphatic heterocycles. The van der Waals surface area contributed by atoms with Crippen LogP contribution in [0.25, 0.3) is 0 Å². The number of thioether (sulfide) groups is 1. The molecule has 0 spiro atoms. The third-order valence-electron chi connectivity index (χ3n) is 4.76. The van der Waals surface area contributed by atoms with Crippen LogP contribution >= 0.6 is 11.8 Å². The van der Waals surface area contributed by atoms with E-state index >= 15 is 0 Å². The molecule has 0 radical (unpaired) electrons. The summed E-state index contributed by atoms with van der Waals surface area (Å²) in [5, 5.41) is 21.1. The van der Waals surface area contributed by atoms with Crippen LogP contribution in [-0.2, 0) is 15.8 Å². The number of halogens is 3. The Labute approximate surface area is 206 Å². The van der Waals surface area contributed by atoms with Gasteiger partial charge in [-0.1, -0.05) is 17.8 Å². The van der Waals surface area contributed by atoms with E-state index < -0.39 is 34.8 Å². The predicted molar refractivity (Wildman–Crippen MR) is 126 cm³/mol. The van der Waals surface area contributed by atoms with Crippen molar-refractivity contribution >= 4 is 46.6 Å². The molecule has 0 aromatic heterocycles. The van der Waals surface area contributed by atoms with Gasteiger partial charge in [0.25, 0.3) is 0 Å². The number of nitrogens with zero attached hydrogens (tertiary/aromatic N) is 2. The van der Waals surface area contributed by atoms with Crippen LogP contribution < -0.4 is 20.1 Å². The summed E-state index contributed by atoms with van der Waals surface area (Å²) in [5.41, 5.74) is -1.01. The van der Waals surface area contributed by atoms with Crippen molar-refractivity contribution < 1.29 is 42.1 Å². The first-order valence-electron chi connectivity index (χ1n) is 10.1. The molecule has 0 aliphatic carbocycles. The van der Waals surface area contributed by atoms with Crippen LogP contribution in [0.4, 0.5) is 18.9 Å². The van der Waals surface area contributed by atoms with E-state index in [0.29, 0.717) is 0 Å². The van der Waals surface area contributed by atoms with E-state index in [4.69, 9.17) is 9.47 Å². The number of amidine groups is 1. The molecule has 3 N–H and O–H groups in total. The number of rotatable bonds is 8. The SMILES string of the molecule is COc1ccc(C=NN=C2NC(=O)C(CC(=O)Nc3cccc(C(F)(F)F)c3)S2)c(C(=O)O)c1OC. The van der Waals surface area contributed by atoms with E-state index in [0.717, 1.165) is 36.2 Å². The Morgan fingerprint density at radius 2 is 1.97 bits per heavy atom. The summed E-state index contributed by atoms with van der Waals surface area (Å²) in [6.45, 7) is 0. The number of hydrogen-bond donors (Lipinski definition) is 3. The number of amides is 2. The van der Waals surface area contributed by atoms with Crippen molar-refractivity contribution in [3.63, 3.8) is 0 Å². The van der Waals surface area contributed by atoms with Crippen LogP contribution in [0.15, 0.2) is 46.6 Å². The van der Waals surface area contributed by atoms with E-state index in [-0.39, 0.29) is 39.9 Å². The Morgan fingerprint density at radius 1 is 1.22 bits per heavy atom.